The lowest BCUT2D eigenvalue weighted by Crippen LogP contribution is -2.47. The Morgan fingerprint density at radius 2 is 1.73 bits per heavy atom. The van der Waals surface area contributed by atoms with Gasteiger partial charge < -0.3 is 34.5 Å². The number of thiocarbonyl (C=S) groups is 1. The summed E-state index contributed by atoms with van der Waals surface area (Å²) >= 11 is 5.79. The first-order chi connectivity index (χ1) is 21.3. The molecule has 3 fully saturated rings. The van der Waals surface area contributed by atoms with E-state index in [2.05, 4.69) is 47.6 Å². The molecule has 3 saturated heterocycles. The summed E-state index contributed by atoms with van der Waals surface area (Å²) in [6.07, 6.45) is 2.41. The van der Waals surface area contributed by atoms with Crippen LogP contribution < -0.4 is 21.1 Å². The van der Waals surface area contributed by atoms with E-state index in [1.54, 1.807) is 6.07 Å². The molecule has 1 spiro atoms. The van der Waals surface area contributed by atoms with Crippen molar-refractivity contribution >= 4 is 40.3 Å². The molecule has 0 unspecified atom stereocenters. The molecule has 2 atom stereocenters. The molecule has 3 aromatic rings. The van der Waals surface area contributed by atoms with Crippen molar-refractivity contribution in [3.05, 3.63) is 87.3 Å². The van der Waals surface area contributed by atoms with E-state index in [4.69, 9.17) is 21.7 Å². The summed E-state index contributed by atoms with van der Waals surface area (Å²) in [5.74, 6) is 0.0725. The number of nitrogens with one attached hydrogen (secondary N) is 2. The van der Waals surface area contributed by atoms with Crippen LogP contribution in [0.1, 0.15) is 52.4 Å². The highest BCUT2D eigenvalue weighted by Gasteiger charge is 2.41. The zero-order valence-corrected chi connectivity index (χ0v) is 26.1. The van der Waals surface area contributed by atoms with Crippen molar-refractivity contribution in [3.8, 4) is 0 Å². The second-order valence-electron chi connectivity index (χ2n) is 12.6. The van der Waals surface area contributed by atoms with Gasteiger partial charge in [-0.05, 0) is 85.9 Å². The van der Waals surface area contributed by atoms with Crippen LogP contribution in [0, 0.1) is 19.8 Å². The molecule has 0 saturated carbocycles. The van der Waals surface area contributed by atoms with Crippen LogP contribution in [0.25, 0.3) is 0 Å². The Kier molecular flexibility index (Phi) is 7.68. The van der Waals surface area contributed by atoms with Crippen molar-refractivity contribution < 1.29 is 14.3 Å². The molecular formula is C34H39N5O4S. The molecule has 9 nitrogen and oxygen atoms in total. The van der Waals surface area contributed by atoms with E-state index < -0.39 is 5.79 Å². The number of hydrogen-bond acceptors (Lipinski definition) is 6. The fourth-order valence-corrected chi connectivity index (χ4v) is 7.49. The highest BCUT2D eigenvalue weighted by Crippen LogP contribution is 2.40. The van der Waals surface area contributed by atoms with Crippen molar-refractivity contribution in [3.63, 3.8) is 0 Å². The zero-order valence-electron chi connectivity index (χ0n) is 25.3. The molecule has 2 N–H and O–H groups in total. The Morgan fingerprint density at radius 1 is 0.932 bits per heavy atom. The van der Waals surface area contributed by atoms with Gasteiger partial charge in [-0.15, -0.1) is 0 Å². The first-order valence-electron chi connectivity index (χ1n) is 15.6. The van der Waals surface area contributed by atoms with E-state index in [9.17, 15) is 9.59 Å². The number of hydrogen-bond donors (Lipinski definition) is 2. The van der Waals surface area contributed by atoms with Crippen molar-refractivity contribution in [1.29, 1.82) is 0 Å². The number of pyridine rings is 1. The molecule has 7 rings (SSSR count). The van der Waals surface area contributed by atoms with Gasteiger partial charge in [0.1, 0.15) is 0 Å². The third-order valence-electron chi connectivity index (χ3n) is 9.70. The second kappa shape index (κ2) is 11.6. The summed E-state index contributed by atoms with van der Waals surface area (Å²) in [5.41, 5.74) is 6.89. The minimum Gasteiger partial charge on any atom is -0.369 e. The van der Waals surface area contributed by atoms with Gasteiger partial charge in [0.05, 0.1) is 24.6 Å². The highest BCUT2D eigenvalue weighted by atomic mass is 32.1. The Labute approximate surface area is 263 Å². The van der Waals surface area contributed by atoms with Gasteiger partial charge in [-0.3, -0.25) is 9.59 Å². The maximum absolute atomic E-state index is 13.7. The minimum atomic E-state index is -0.532. The van der Waals surface area contributed by atoms with Crippen LogP contribution in [0.15, 0.2) is 59.4 Å². The van der Waals surface area contributed by atoms with E-state index in [0.717, 1.165) is 48.8 Å². The maximum atomic E-state index is 13.7. The van der Waals surface area contributed by atoms with Gasteiger partial charge in [-0.1, -0.05) is 12.1 Å². The standard InChI is InChI=1S/C34H39N5O4S/c1-22-6-8-27(16-23(22)2)35-33(44)36-28-18-25(32(41)37-12-10-34(11-13-37)42-14-15-43-34)7-9-30(28)38-19-24-17-26(21-38)29-4-3-5-31(40)39(29)20-24/h3-9,16,18,24,26H,10-15,17,19-21H2,1-2H3,(H2,35,36,44)/t24-,26+/m1/s1. The Balaban J connectivity index is 1.15. The first kappa shape index (κ1) is 29.0. The van der Waals surface area contributed by atoms with Crippen LogP contribution in [0.3, 0.4) is 0 Å². The van der Waals surface area contributed by atoms with Crippen LogP contribution in [-0.2, 0) is 16.0 Å². The maximum Gasteiger partial charge on any atom is 0.253 e. The summed E-state index contributed by atoms with van der Waals surface area (Å²) in [4.78, 5) is 30.6. The minimum absolute atomic E-state index is 0.00991. The molecule has 0 radical (unpaired) electrons. The SMILES string of the molecule is Cc1ccc(NC(=S)Nc2cc(C(=O)N3CCC4(CC3)OCCO4)ccc2N2C[C@H]3C[C@@H](C2)c2cccc(=O)n2C3)cc1C. The molecule has 0 aliphatic carbocycles. The molecule has 2 aromatic carbocycles. The number of aromatic nitrogens is 1. The van der Waals surface area contributed by atoms with Gasteiger partial charge in [0.25, 0.3) is 11.5 Å². The number of likely N-dealkylation sites (tertiary alicyclic amines) is 1. The van der Waals surface area contributed by atoms with Gasteiger partial charge in [-0.2, -0.15) is 0 Å². The number of anilines is 3. The van der Waals surface area contributed by atoms with Crippen LogP contribution in [-0.4, -0.2) is 65.7 Å². The van der Waals surface area contributed by atoms with Gasteiger partial charge in [0.2, 0.25) is 0 Å². The van der Waals surface area contributed by atoms with Crippen LogP contribution in [0.4, 0.5) is 17.1 Å². The Morgan fingerprint density at radius 3 is 2.50 bits per heavy atom. The van der Waals surface area contributed by atoms with E-state index in [-0.39, 0.29) is 17.4 Å². The lowest BCUT2D eigenvalue weighted by molar-refractivity contribution is -0.181. The third kappa shape index (κ3) is 5.62. The summed E-state index contributed by atoms with van der Waals surface area (Å²) in [6, 6.07) is 17.7. The van der Waals surface area contributed by atoms with E-state index in [1.807, 2.05) is 39.8 Å². The largest absolute Gasteiger partial charge is 0.369 e. The van der Waals surface area contributed by atoms with Crippen molar-refractivity contribution in [2.45, 2.75) is 51.4 Å². The number of fused-ring (bicyclic) bond motifs is 4. The molecule has 1 aromatic heterocycles. The summed E-state index contributed by atoms with van der Waals surface area (Å²) in [6.45, 7) is 8.90. The molecule has 4 aliphatic rings. The molecule has 2 bridgehead atoms. The van der Waals surface area contributed by atoms with Crippen LogP contribution >= 0.6 is 12.2 Å². The lowest BCUT2D eigenvalue weighted by Gasteiger charge is -2.44. The van der Waals surface area contributed by atoms with Crippen LogP contribution in [0.2, 0.25) is 0 Å². The monoisotopic (exact) mass is 613 g/mol. The smallest absolute Gasteiger partial charge is 0.253 e. The summed E-state index contributed by atoms with van der Waals surface area (Å²) in [5, 5.41) is 7.22. The van der Waals surface area contributed by atoms with E-state index in [1.165, 1.54) is 11.1 Å². The Hall–Kier alpha value is -3.73. The number of piperidine rings is 2. The summed E-state index contributed by atoms with van der Waals surface area (Å²) in [7, 11) is 0. The Bertz CT molecular complexity index is 1660. The van der Waals surface area contributed by atoms with Gasteiger partial charge in [-0.25, -0.2) is 0 Å². The average molecular weight is 614 g/mol. The van der Waals surface area contributed by atoms with Crippen LogP contribution in [0.5, 0.6) is 0 Å². The quantitative estimate of drug-likeness (QED) is 0.403. The number of rotatable bonds is 4. The van der Waals surface area contributed by atoms with E-state index >= 15 is 0 Å². The number of nitrogens with zero attached hydrogens (tertiary/aromatic N) is 3. The highest BCUT2D eigenvalue weighted by molar-refractivity contribution is 7.80. The molecule has 44 heavy (non-hydrogen) atoms. The number of benzene rings is 2. The molecule has 4 aliphatic heterocycles. The molecule has 10 heteroatoms. The fraction of sp³-hybridized carbons (Fsp3) is 0.441. The number of carbonyl (C=O) groups excluding carboxylic acids is 1. The fourth-order valence-electron chi connectivity index (χ4n) is 7.26. The third-order valence-corrected chi connectivity index (χ3v) is 9.91. The summed E-state index contributed by atoms with van der Waals surface area (Å²) < 4.78 is 13.7. The first-order valence-corrected chi connectivity index (χ1v) is 16.0. The number of ether oxygens (including phenoxy) is 2. The van der Waals surface area contributed by atoms with Crippen molar-refractivity contribution in [2.24, 2.45) is 5.92 Å². The van der Waals surface area contributed by atoms with Gasteiger partial charge in [0.15, 0.2) is 10.9 Å². The topological polar surface area (TPSA) is 88.1 Å². The lowest BCUT2D eigenvalue weighted by atomic mass is 9.83. The number of amides is 1. The normalized spacial score (nSPS) is 22.0. The van der Waals surface area contributed by atoms with Gasteiger partial charge >= 0.3 is 0 Å². The molecule has 230 valence electrons. The van der Waals surface area contributed by atoms with Crippen molar-refractivity contribution in [2.75, 3.05) is 54.9 Å². The number of aryl methyl sites for hydroxylation is 2. The van der Waals surface area contributed by atoms with Gasteiger partial charge in [0, 0.05) is 74.5 Å². The molecule has 1 amide bonds. The van der Waals surface area contributed by atoms with E-state index in [0.29, 0.717) is 55.7 Å². The number of carbonyl (C=O) groups is 1. The average Bonchev–Trinajstić information content (AvgIpc) is 3.47. The second-order valence-corrected chi connectivity index (χ2v) is 13.0. The van der Waals surface area contributed by atoms with Crippen molar-refractivity contribution in [1.82, 2.24) is 9.47 Å². The predicted octanol–water partition coefficient (Wildman–Crippen LogP) is 4.88. The predicted molar refractivity (Wildman–Crippen MR) is 176 cm³/mol. The molecular weight excluding hydrogens is 574 g/mol. The molecule has 5 heterocycles. The zero-order chi connectivity index (χ0) is 30.4.